The molecule has 0 atom stereocenters. The molecule has 0 heterocycles. The predicted octanol–water partition coefficient (Wildman–Crippen LogP) is 31.8. The molecule has 0 saturated carbocycles. The quantitative estimate of drug-likeness (QED) is 0.0264. The van der Waals surface area contributed by atoms with Gasteiger partial charge >= 0.3 is 38.4 Å². The third-order valence-corrected chi connectivity index (χ3v) is 23.9. The van der Waals surface area contributed by atoms with Crippen molar-refractivity contribution in [3.8, 4) is 89.4 Å². The molecule has 0 radical (unpaired) electrons. The van der Waals surface area contributed by atoms with Crippen LogP contribution in [-0.4, -0.2) is 67.2 Å². The van der Waals surface area contributed by atoms with E-state index in [9.17, 15) is 43.2 Å². The Bertz CT molecular complexity index is 6660. The number of aliphatic carboxylic acids is 2. The fourth-order valence-electron chi connectivity index (χ4n) is 15.4. The first-order valence-electron chi connectivity index (χ1n) is 44.1. The summed E-state index contributed by atoms with van der Waals surface area (Å²) in [6, 6.07) is 111. The summed E-state index contributed by atoms with van der Waals surface area (Å²) >= 11 is 7.80. The number of hydrogen-bond acceptors (Lipinski definition) is 10. The van der Waals surface area contributed by atoms with Gasteiger partial charge in [0, 0.05) is 56.1 Å². The van der Waals surface area contributed by atoms with Crippen molar-refractivity contribution >= 4 is 141 Å². The molecule has 0 aliphatic carbocycles. The maximum absolute atomic E-state index is 13.1. The Balaban J connectivity index is 0.000000275. The molecule has 4 N–H and O–H groups in total. The number of alkyl halides is 8. The molecule has 0 fully saturated rings. The molecule has 0 aliphatic rings. The van der Waals surface area contributed by atoms with E-state index in [2.05, 4.69) is 297 Å². The van der Waals surface area contributed by atoms with E-state index in [4.69, 9.17) is 29.9 Å². The number of rotatable bonds is 14. The fraction of sp³-hybridized carbons (Fsp3) is 0.179. The van der Waals surface area contributed by atoms with Crippen molar-refractivity contribution in [2.75, 3.05) is 0 Å². The third-order valence-electron chi connectivity index (χ3n) is 20.9. The van der Waals surface area contributed by atoms with Gasteiger partial charge in [0.05, 0.1) is 0 Å². The van der Waals surface area contributed by atoms with Crippen LogP contribution in [0.15, 0.2) is 334 Å². The first-order chi connectivity index (χ1) is 64.7. The van der Waals surface area contributed by atoms with Gasteiger partial charge < -0.3 is 28.6 Å². The molecule has 24 heteroatoms. The smallest absolute Gasteiger partial charge is 0.481 e. The van der Waals surface area contributed by atoms with Gasteiger partial charge in [0.1, 0.15) is 11.5 Å². The first-order valence-corrected chi connectivity index (χ1v) is 49.1. The van der Waals surface area contributed by atoms with Gasteiger partial charge in [0.25, 0.3) is 11.9 Å². The summed E-state index contributed by atoms with van der Waals surface area (Å²) in [5.41, 5.74) is 9.80. The molecule has 0 spiro atoms. The number of halogens is 8. The monoisotopic (exact) mass is 2100 g/mol. The zero-order chi connectivity index (χ0) is 99.7. The van der Waals surface area contributed by atoms with Crippen molar-refractivity contribution in [3.63, 3.8) is 0 Å². The molecule has 17 aromatic rings. The molecule has 12 nitrogen and oxygen atoms in total. The summed E-state index contributed by atoms with van der Waals surface area (Å²) in [4.78, 5) is 18.0. The minimum atomic E-state index is -6.07. The number of hydrogen-bond donors (Lipinski definition) is 4. The number of benzene rings is 17. The average molecular weight is 2100 g/mol. The van der Waals surface area contributed by atoms with Crippen LogP contribution >= 0.6 is 31.9 Å². The second kappa shape index (κ2) is 53.4. The Morgan fingerprint density at radius 3 is 0.699 bits per heavy atom. The Morgan fingerprint density at radius 1 is 0.301 bits per heavy atom. The van der Waals surface area contributed by atoms with E-state index in [-0.39, 0.29) is 53.4 Å². The Labute approximate surface area is 825 Å². The molecule has 0 aliphatic heterocycles. The van der Waals surface area contributed by atoms with E-state index in [1.807, 2.05) is 75.3 Å². The van der Waals surface area contributed by atoms with Crippen molar-refractivity contribution in [3.05, 3.63) is 367 Å². The second-order valence-electron chi connectivity index (χ2n) is 29.0. The molecule has 0 amide bonds. The van der Waals surface area contributed by atoms with Crippen LogP contribution in [0.1, 0.15) is 116 Å². The van der Waals surface area contributed by atoms with E-state index in [1.54, 1.807) is 48.5 Å². The molecule has 0 bridgehead atoms. The molecular weight excluding hydrogens is 1990 g/mol. The standard InChI is InChI=1S/C34H24Br2.C34H26.C24H16F6O6S2.C6H7BO2.2C2H4O2.5C2H6.Pd/c35-21-31-29(23-11-3-1-4-12-23)19-25-15-7-9-17-27(25)33(31)34-28-18-10-8-16-26(28)20-30(32(34)22-36)24-13-5-2-6-14-24;1-23-31(25-13-5-3-6-14-25)21-27-17-9-11-19-29(27)33(23)34-24(2)32(26-15-7-4-8-16-26)22-28-18-10-12-20-30(28)34;1-13-19(35-37(31,32)23(25,26)27)11-15-7-3-5-9-17(15)21(13)22-14(2)20(36-38(33,34)24(28,29)30)12-16-8-4-6-10-18(16)22;8-7(9)6-4-2-1-3-5-6;2*1-2(3)4;5*1-2;/h1-20H,21-22H2;3-22H,1-2H3;3-12H,1-2H3;1-5,8-9H;2*1H3,(H,3,4);5*1-2H3;. The summed E-state index contributed by atoms with van der Waals surface area (Å²) in [5, 5.41) is 45.0. The van der Waals surface area contributed by atoms with Crippen LogP contribution in [0.5, 0.6) is 11.5 Å². The number of carboxylic acids is 2. The fourth-order valence-corrected chi connectivity index (χ4v) is 17.6. The van der Waals surface area contributed by atoms with E-state index >= 15 is 0 Å². The molecule has 0 unspecified atom stereocenters. The number of carbonyl (C=O) groups is 2. The van der Waals surface area contributed by atoms with E-state index in [0.717, 1.165) is 36.6 Å². The zero-order valence-electron chi connectivity index (χ0n) is 78.5. The topological polar surface area (TPSA) is 202 Å². The van der Waals surface area contributed by atoms with Crippen LogP contribution in [0.4, 0.5) is 26.3 Å². The molecule has 0 aromatic heterocycles. The molecular formula is C112H111BBr2F6O12PdS2. The summed E-state index contributed by atoms with van der Waals surface area (Å²) in [6.45, 7) is 29.3. The Hall–Kier alpha value is -12.1. The minimum absolute atomic E-state index is 0. The van der Waals surface area contributed by atoms with Gasteiger partial charge in [-0.25, -0.2) is 0 Å². The van der Waals surface area contributed by atoms with Crippen molar-refractivity contribution in [1.29, 1.82) is 0 Å². The van der Waals surface area contributed by atoms with Crippen molar-refractivity contribution < 1.29 is 102 Å². The van der Waals surface area contributed by atoms with Crippen LogP contribution in [-0.2, 0) is 60.9 Å². The van der Waals surface area contributed by atoms with Crippen LogP contribution in [0.25, 0.3) is 143 Å². The van der Waals surface area contributed by atoms with Crippen molar-refractivity contribution in [2.45, 2.75) is 132 Å². The normalized spacial score (nSPS) is 10.7. The van der Waals surface area contributed by atoms with Crippen LogP contribution < -0.4 is 13.8 Å². The number of fused-ring (bicyclic) bond motifs is 6. The van der Waals surface area contributed by atoms with E-state index in [0.29, 0.717) is 16.2 Å². The summed E-state index contributed by atoms with van der Waals surface area (Å²) in [7, 11) is -13.5. The molecule has 17 aromatic carbocycles. The van der Waals surface area contributed by atoms with Gasteiger partial charge in [-0.1, -0.05) is 398 Å². The maximum Gasteiger partial charge on any atom is 0.534 e. The van der Waals surface area contributed by atoms with Crippen molar-refractivity contribution in [1.82, 2.24) is 0 Å². The molecule has 17 rings (SSSR count). The van der Waals surface area contributed by atoms with Gasteiger partial charge in [0.15, 0.2) is 0 Å². The number of carboxylic acid groups (broad SMARTS) is 2. The van der Waals surface area contributed by atoms with Crippen LogP contribution in [0.3, 0.4) is 0 Å². The van der Waals surface area contributed by atoms with Crippen molar-refractivity contribution in [2.24, 2.45) is 0 Å². The van der Waals surface area contributed by atoms with E-state index < -0.39 is 61.8 Å². The van der Waals surface area contributed by atoms with Gasteiger partial charge in [-0.05, 0) is 234 Å². The predicted molar refractivity (Wildman–Crippen MR) is 557 cm³/mol. The average Bonchev–Trinajstić information content (AvgIpc) is 0.730. The van der Waals surface area contributed by atoms with Crippen LogP contribution in [0.2, 0.25) is 0 Å². The molecule has 712 valence electrons. The second-order valence-corrected chi connectivity index (χ2v) is 33.2. The van der Waals surface area contributed by atoms with Gasteiger partial charge in [-0.2, -0.15) is 43.2 Å². The first kappa shape index (κ1) is 113. The molecule has 0 saturated heterocycles. The SMILES string of the molecule is BrCc1c(-c2ccccc2)cc2ccccc2c1-c1c(CBr)c(-c2ccccc2)cc2ccccc12.CC.CC.CC.CC.CC.CC(=O)O.CC(=O)O.Cc1c(-c2ccccc2)cc2ccccc2c1-c1c(C)c(-c2ccccc2)cc2ccccc12.Cc1c(OS(=O)(=O)C(F)(F)F)cc2ccccc2c1-c1c(C)c(OS(=O)(=O)C(F)(F)F)cc2ccccc12.OB(O)c1ccccc1.[Pd]. The summed E-state index contributed by atoms with van der Waals surface area (Å²) in [6.07, 6.45) is 0. The Morgan fingerprint density at radius 2 is 0.485 bits per heavy atom. The van der Waals surface area contributed by atoms with Gasteiger partial charge in [-0.3, -0.25) is 9.59 Å². The molecule has 136 heavy (non-hydrogen) atoms. The van der Waals surface area contributed by atoms with Gasteiger partial charge in [0.2, 0.25) is 0 Å². The minimum Gasteiger partial charge on any atom is -0.481 e. The summed E-state index contributed by atoms with van der Waals surface area (Å²) < 4.78 is 135. The Kier molecular flexibility index (Phi) is 44.3. The zero-order valence-corrected chi connectivity index (χ0v) is 84.8. The van der Waals surface area contributed by atoms with Gasteiger partial charge in [-0.15, -0.1) is 0 Å². The largest absolute Gasteiger partial charge is 0.534 e. The van der Waals surface area contributed by atoms with E-state index in [1.165, 1.54) is 170 Å². The third kappa shape index (κ3) is 27.7. The summed E-state index contributed by atoms with van der Waals surface area (Å²) in [5.74, 6) is -3.01. The maximum atomic E-state index is 13.1. The van der Waals surface area contributed by atoms with Crippen LogP contribution in [0, 0.1) is 27.7 Å².